The topological polar surface area (TPSA) is 50.8 Å². The summed E-state index contributed by atoms with van der Waals surface area (Å²) in [4.78, 5) is 13.8. The molecule has 0 spiro atoms. The molecule has 0 radical (unpaired) electrons. The van der Waals surface area contributed by atoms with Crippen LogP contribution < -0.4 is 5.32 Å². The molecule has 2 heterocycles. The molecule has 0 bridgehead atoms. The standard InChI is InChI=1S/C16H30N2O3/c1-15(2,3)21-14(19)18-9-6-13(7-10-18)17-12-16(4)8-5-11-20-16/h13,17H,5-12H2,1-4H3. The molecule has 2 rings (SSSR count). The van der Waals surface area contributed by atoms with Gasteiger partial charge >= 0.3 is 6.09 Å². The van der Waals surface area contributed by atoms with E-state index in [1.54, 1.807) is 0 Å². The lowest BCUT2D eigenvalue weighted by molar-refractivity contribution is 0.0105. The minimum atomic E-state index is -0.416. The van der Waals surface area contributed by atoms with E-state index >= 15 is 0 Å². The van der Waals surface area contributed by atoms with E-state index in [9.17, 15) is 4.79 Å². The number of carbonyl (C=O) groups excluding carboxylic acids is 1. The lowest BCUT2D eigenvalue weighted by Gasteiger charge is -2.35. The van der Waals surface area contributed by atoms with E-state index in [-0.39, 0.29) is 11.7 Å². The third-order valence-corrected chi connectivity index (χ3v) is 4.21. The molecule has 0 saturated carbocycles. The smallest absolute Gasteiger partial charge is 0.410 e. The Labute approximate surface area is 128 Å². The van der Waals surface area contributed by atoms with Crippen molar-refractivity contribution in [2.24, 2.45) is 0 Å². The Morgan fingerprint density at radius 2 is 2.05 bits per heavy atom. The Morgan fingerprint density at radius 3 is 2.57 bits per heavy atom. The Hall–Kier alpha value is -0.810. The summed E-state index contributed by atoms with van der Waals surface area (Å²) in [6.45, 7) is 11.2. The molecule has 1 amide bonds. The van der Waals surface area contributed by atoms with E-state index in [4.69, 9.17) is 9.47 Å². The molecular weight excluding hydrogens is 268 g/mol. The van der Waals surface area contributed by atoms with Gasteiger partial charge in [-0.1, -0.05) is 0 Å². The zero-order chi connectivity index (χ0) is 15.5. The number of carbonyl (C=O) groups is 1. The first kappa shape index (κ1) is 16.6. The maximum atomic E-state index is 12.0. The summed E-state index contributed by atoms with van der Waals surface area (Å²) in [5, 5.41) is 3.61. The van der Waals surface area contributed by atoms with Crippen LogP contribution in [0.1, 0.15) is 53.4 Å². The first-order valence-corrected chi connectivity index (χ1v) is 8.13. The quantitative estimate of drug-likeness (QED) is 0.870. The monoisotopic (exact) mass is 298 g/mol. The summed E-state index contributed by atoms with van der Waals surface area (Å²) < 4.78 is 11.2. The zero-order valence-corrected chi connectivity index (χ0v) is 13.9. The average molecular weight is 298 g/mol. The summed E-state index contributed by atoms with van der Waals surface area (Å²) in [5.74, 6) is 0. The van der Waals surface area contributed by atoms with Crippen LogP contribution >= 0.6 is 0 Å². The second kappa shape index (κ2) is 6.53. The summed E-state index contributed by atoms with van der Waals surface area (Å²) in [6.07, 6.45) is 4.07. The molecule has 2 saturated heterocycles. The Morgan fingerprint density at radius 1 is 1.38 bits per heavy atom. The van der Waals surface area contributed by atoms with Gasteiger partial charge < -0.3 is 19.7 Å². The second-order valence-electron chi connectivity index (χ2n) is 7.52. The van der Waals surface area contributed by atoms with Gasteiger partial charge in [-0.3, -0.25) is 0 Å². The molecule has 5 nitrogen and oxygen atoms in total. The summed E-state index contributed by atoms with van der Waals surface area (Å²) in [7, 11) is 0. The van der Waals surface area contributed by atoms with Crippen LogP contribution in [-0.4, -0.2) is 54.5 Å². The molecule has 21 heavy (non-hydrogen) atoms. The van der Waals surface area contributed by atoms with Crippen molar-refractivity contribution in [3.63, 3.8) is 0 Å². The number of likely N-dealkylation sites (tertiary alicyclic amines) is 1. The van der Waals surface area contributed by atoms with Crippen molar-refractivity contribution in [3.05, 3.63) is 0 Å². The fourth-order valence-corrected chi connectivity index (χ4v) is 2.93. The molecule has 0 aromatic carbocycles. The van der Waals surface area contributed by atoms with Gasteiger partial charge in [0.05, 0.1) is 5.60 Å². The minimum absolute atomic E-state index is 0.00228. The highest BCUT2D eigenvalue weighted by atomic mass is 16.6. The van der Waals surface area contributed by atoms with Crippen LogP contribution in [0.4, 0.5) is 4.79 Å². The van der Waals surface area contributed by atoms with Crippen LogP contribution in [0.5, 0.6) is 0 Å². The Bertz CT molecular complexity index is 351. The molecule has 2 fully saturated rings. The van der Waals surface area contributed by atoms with E-state index in [1.165, 1.54) is 0 Å². The number of rotatable bonds is 3. The lowest BCUT2D eigenvalue weighted by atomic mass is 10.0. The molecule has 2 aliphatic rings. The van der Waals surface area contributed by atoms with Gasteiger partial charge in [0.1, 0.15) is 5.60 Å². The van der Waals surface area contributed by atoms with E-state index in [2.05, 4.69) is 12.2 Å². The zero-order valence-electron chi connectivity index (χ0n) is 13.9. The van der Waals surface area contributed by atoms with Crippen LogP contribution in [0.3, 0.4) is 0 Å². The van der Waals surface area contributed by atoms with Crippen molar-refractivity contribution in [3.8, 4) is 0 Å². The van der Waals surface area contributed by atoms with Crippen molar-refractivity contribution in [1.82, 2.24) is 10.2 Å². The minimum Gasteiger partial charge on any atom is -0.444 e. The third-order valence-electron chi connectivity index (χ3n) is 4.21. The molecular formula is C16H30N2O3. The molecule has 122 valence electrons. The van der Waals surface area contributed by atoms with Gasteiger partial charge in [-0.05, 0) is 53.4 Å². The van der Waals surface area contributed by atoms with Crippen LogP contribution in [0.2, 0.25) is 0 Å². The lowest BCUT2D eigenvalue weighted by Crippen LogP contribution is -2.49. The highest BCUT2D eigenvalue weighted by molar-refractivity contribution is 5.68. The largest absolute Gasteiger partial charge is 0.444 e. The van der Waals surface area contributed by atoms with Crippen molar-refractivity contribution in [2.75, 3.05) is 26.2 Å². The number of ether oxygens (including phenoxy) is 2. The predicted molar refractivity (Wildman–Crippen MR) is 82.4 cm³/mol. The van der Waals surface area contributed by atoms with Crippen LogP contribution in [0.25, 0.3) is 0 Å². The Kier molecular flexibility index (Phi) is 5.15. The molecule has 1 atom stereocenters. The van der Waals surface area contributed by atoms with Crippen LogP contribution in [-0.2, 0) is 9.47 Å². The molecule has 5 heteroatoms. The van der Waals surface area contributed by atoms with Gasteiger partial charge in [0, 0.05) is 32.3 Å². The van der Waals surface area contributed by atoms with Gasteiger partial charge in [0.25, 0.3) is 0 Å². The number of nitrogens with zero attached hydrogens (tertiary/aromatic N) is 1. The molecule has 0 aliphatic carbocycles. The maximum absolute atomic E-state index is 12.0. The number of amides is 1. The normalized spacial score (nSPS) is 27.9. The molecule has 0 aromatic rings. The Balaban J connectivity index is 1.69. The molecule has 2 aliphatic heterocycles. The van der Waals surface area contributed by atoms with Crippen molar-refractivity contribution in [2.45, 2.75) is 70.6 Å². The van der Waals surface area contributed by atoms with E-state index in [0.29, 0.717) is 6.04 Å². The average Bonchev–Trinajstić information content (AvgIpc) is 2.82. The van der Waals surface area contributed by atoms with Gasteiger partial charge in [-0.15, -0.1) is 0 Å². The second-order valence-corrected chi connectivity index (χ2v) is 7.52. The van der Waals surface area contributed by atoms with Gasteiger partial charge in [0.2, 0.25) is 0 Å². The highest BCUT2D eigenvalue weighted by Gasteiger charge is 2.32. The fraction of sp³-hybridized carbons (Fsp3) is 0.938. The van der Waals surface area contributed by atoms with Gasteiger partial charge in [-0.25, -0.2) is 4.79 Å². The number of nitrogens with one attached hydrogen (secondary N) is 1. The molecule has 1 N–H and O–H groups in total. The first-order valence-electron chi connectivity index (χ1n) is 8.13. The molecule has 1 unspecified atom stereocenters. The number of hydrogen-bond donors (Lipinski definition) is 1. The maximum Gasteiger partial charge on any atom is 0.410 e. The predicted octanol–water partition coefficient (Wildman–Crippen LogP) is 2.54. The van der Waals surface area contributed by atoms with E-state index in [1.807, 2.05) is 25.7 Å². The summed E-state index contributed by atoms with van der Waals surface area (Å²) in [5.41, 5.74) is -0.414. The summed E-state index contributed by atoms with van der Waals surface area (Å²) in [6, 6.07) is 0.477. The van der Waals surface area contributed by atoms with Crippen LogP contribution in [0, 0.1) is 0 Å². The van der Waals surface area contributed by atoms with Crippen LogP contribution in [0.15, 0.2) is 0 Å². The summed E-state index contributed by atoms with van der Waals surface area (Å²) >= 11 is 0. The first-order chi connectivity index (χ1) is 9.77. The number of hydrogen-bond acceptors (Lipinski definition) is 4. The van der Waals surface area contributed by atoms with Gasteiger partial charge in [-0.2, -0.15) is 0 Å². The highest BCUT2D eigenvalue weighted by Crippen LogP contribution is 2.24. The van der Waals surface area contributed by atoms with Gasteiger partial charge in [0.15, 0.2) is 0 Å². The van der Waals surface area contributed by atoms with Crippen molar-refractivity contribution < 1.29 is 14.3 Å². The van der Waals surface area contributed by atoms with E-state index < -0.39 is 5.60 Å². The fourth-order valence-electron chi connectivity index (χ4n) is 2.93. The number of piperidine rings is 1. The molecule has 0 aromatic heterocycles. The van der Waals surface area contributed by atoms with E-state index in [0.717, 1.165) is 51.9 Å². The third kappa shape index (κ3) is 5.15. The van der Waals surface area contributed by atoms with Crippen molar-refractivity contribution in [1.29, 1.82) is 0 Å². The van der Waals surface area contributed by atoms with Crippen molar-refractivity contribution >= 4 is 6.09 Å². The SMILES string of the molecule is CC(C)(C)OC(=O)N1CCC(NCC2(C)CCCO2)CC1.